The highest BCUT2D eigenvalue weighted by Gasteiger charge is 2.34. The third kappa shape index (κ3) is 4.81. The van der Waals surface area contributed by atoms with Gasteiger partial charge in [-0.05, 0) is 69.6 Å². The van der Waals surface area contributed by atoms with Gasteiger partial charge in [0.25, 0.3) is 0 Å². The maximum Gasteiger partial charge on any atom is 0.227 e. The number of nitrogens with one attached hydrogen (secondary N) is 1. The Morgan fingerprint density at radius 3 is 2.52 bits per heavy atom. The fourth-order valence-corrected chi connectivity index (χ4v) is 4.55. The van der Waals surface area contributed by atoms with Crippen LogP contribution >= 0.6 is 11.6 Å². The molecule has 0 bridgehead atoms. The lowest BCUT2D eigenvalue weighted by Gasteiger charge is -2.39. The van der Waals surface area contributed by atoms with Crippen LogP contribution < -0.4 is 5.32 Å². The summed E-state index contributed by atoms with van der Waals surface area (Å²) < 4.78 is 13.2. The number of carbonyl (C=O) groups is 2. The average Bonchev–Trinajstić information content (AvgIpc) is 2.70. The van der Waals surface area contributed by atoms with Gasteiger partial charge in [0.2, 0.25) is 11.8 Å². The van der Waals surface area contributed by atoms with E-state index in [2.05, 4.69) is 17.1 Å². The summed E-state index contributed by atoms with van der Waals surface area (Å²) in [7, 11) is 0. The molecule has 1 unspecified atom stereocenters. The summed E-state index contributed by atoms with van der Waals surface area (Å²) in [5.74, 6) is -0.363. The second-order valence-corrected chi connectivity index (χ2v) is 8.16. The van der Waals surface area contributed by atoms with E-state index in [0.29, 0.717) is 24.6 Å². The zero-order valence-electron chi connectivity index (χ0n) is 15.8. The van der Waals surface area contributed by atoms with Crippen molar-refractivity contribution in [1.29, 1.82) is 0 Å². The molecule has 2 fully saturated rings. The fourth-order valence-electron chi connectivity index (χ4n) is 4.37. The standard InChI is InChI=1S/C21H28ClFN2O2/c1-2-17-5-3-4-12-25(17)21(27)15-8-6-14(7-9-15)20(26)24-16-10-11-19(23)18(22)13-16/h10-11,13-15,17H,2-9,12H2,1H3,(H,24,26). The molecule has 1 aromatic rings. The lowest BCUT2D eigenvalue weighted by atomic mass is 9.80. The maximum absolute atomic E-state index is 13.2. The number of nitrogens with zero attached hydrogens (tertiary/aromatic N) is 1. The molecule has 2 amide bonds. The molecule has 148 valence electrons. The first-order valence-corrected chi connectivity index (χ1v) is 10.4. The van der Waals surface area contributed by atoms with Crippen LogP contribution in [0, 0.1) is 17.7 Å². The molecule has 0 spiro atoms. The van der Waals surface area contributed by atoms with E-state index in [-0.39, 0.29) is 28.7 Å². The monoisotopic (exact) mass is 394 g/mol. The zero-order valence-corrected chi connectivity index (χ0v) is 16.6. The lowest BCUT2D eigenvalue weighted by Crippen LogP contribution is -2.47. The molecule has 3 rings (SSSR count). The van der Waals surface area contributed by atoms with Crippen LogP contribution in [-0.2, 0) is 9.59 Å². The number of hydrogen-bond acceptors (Lipinski definition) is 2. The predicted octanol–water partition coefficient (Wildman–Crippen LogP) is 5.02. The van der Waals surface area contributed by atoms with Gasteiger partial charge in [-0.3, -0.25) is 9.59 Å². The zero-order chi connectivity index (χ0) is 19.4. The highest BCUT2D eigenvalue weighted by atomic mass is 35.5. The SMILES string of the molecule is CCC1CCCCN1C(=O)C1CCC(C(=O)Nc2ccc(F)c(Cl)c2)CC1. The van der Waals surface area contributed by atoms with Crippen LogP contribution in [0.1, 0.15) is 58.3 Å². The van der Waals surface area contributed by atoms with Gasteiger partial charge in [0.15, 0.2) is 0 Å². The Bertz CT molecular complexity index is 689. The second-order valence-electron chi connectivity index (χ2n) is 7.76. The van der Waals surface area contributed by atoms with Gasteiger partial charge in [0, 0.05) is 30.1 Å². The van der Waals surface area contributed by atoms with Gasteiger partial charge in [0.1, 0.15) is 5.82 Å². The number of amides is 2. The van der Waals surface area contributed by atoms with Crippen molar-refractivity contribution in [1.82, 2.24) is 4.90 Å². The van der Waals surface area contributed by atoms with Crippen LogP contribution in [0.5, 0.6) is 0 Å². The third-order valence-electron chi connectivity index (χ3n) is 6.02. The number of rotatable bonds is 4. The van der Waals surface area contributed by atoms with Crippen molar-refractivity contribution in [2.24, 2.45) is 11.8 Å². The van der Waals surface area contributed by atoms with Gasteiger partial charge in [-0.25, -0.2) is 4.39 Å². The van der Waals surface area contributed by atoms with Crippen LogP contribution in [-0.4, -0.2) is 29.3 Å². The molecule has 1 saturated heterocycles. The number of halogens is 2. The Kier molecular flexibility index (Phi) is 6.74. The van der Waals surface area contributed by atoms with E-state index in [9.17, 15) is 14.0 Å². The van der Waals surface area contributed by atoms with Crippen molar-refractivity contribution in [2.75, 3.05) is 11.9 Å². The van der Waals surface area contributed by atoms with E-state index in [1.165, 1.54) is 24.6 Å². The molecule has 27 heavy (non-hydrogen) atoms. The van der Waals surface area contributed by atoms with E-state index in [1.807, 2.05) is 0 Å². The average molecular weight is 395 g/mol. The molecule has 0 aromatic heterocycles. The predicted molar refractivity (Wildman–Crippen MR) is 105 cm³/mol. The molecule has 1 atom stereocenters. The topological polar surface area (TPSA) is 49.4 Å². The Morgan fingerprint density at radius 2 is 1.85 bits per heavy atom. The van der Waals surface area contributed by atoms with Crippen molar-refractivity contribution < 1.29 is 14.0 Å². The van der Waals surface area contributed by atoms with Gasteiger partial charge in [-0.1, -0.05) is 18.5 Å². The molecular formula is C21H28ClFN2O2. The van der Waals surface area contributed by atoms with E-state index >= 15 is 0 Å². The summed E-state index contributed by atoms with van der Waals surface area (Å²) >= 11 is 5.77. The molecule has 1 aromatic carbocycles. The first kappa shape index (κ1) is 20.1. The van der Waals surface area contributed by atoms with Crippen LogP contribution in [0.15, 0.2) is 18.2 Å². The summed E-state index contributed by atoms with van der Waals surface area (Å²) in [5.41, 5.74) is 0.503. The molecule has 1 aliphatic heterocycles. The largest absolute Gasteiger partial charge is 0.339 e. The molecule has 1 heterocycles. The summed E-state index contributed by atoms with van der Waals surface area (Å²) in [6, 6.07) is 4.56. The minimum atomic E-state index is -0.503. The first-order chi connectivity index (χ1) is 13.0. The van der Waals surface area contributed by atoms with Gasteiger partial charge in [-0.15, -0.1) is 0 Å². The molecule has 1 saturated carbocycles. The number of carbonyl (C=O) groups excluding carboxylic acids is 2. The summed E-state index contributed by atoms with van der Waals surface area (Å²) in [6.07, 6.45) is 7.37. The highest BCUT2D eigenvalue weighted by molar-refractivity contribution is 6.31. The van der Waals surface area contributed by atoms with Crippen molar-refractivity contribution in [3.8, 4) is 0 Å². The molecule has 6 heteroatoms. The van der Waals surface area contributed by atoms with E-state index < -0.39 is 5.82 Å². The van der Waals surface area contributed by atoms with Crippen LogP contribution in [0.2, 0.25) is 5.02 Å². The van der Waals surface area contributed by atoms with Crippen molar-refractivity contribution >= 4 is 29.1 Å². The van der Waals surface area contributed by atoms with Gasteiger partial charge >= 0.3 is 0 Å². The summed E-state index contributed by atoms with van der Waals surface area (Å²) in [5, 5.41) is 2.81. The van der Waals surface area contributed by atoms with Gasteiger partial charge in [0.05, 0.1) is 5.02 Å². The van der Waals surface area contributed by atoms with Crippen LogP contribution in [0.3, 0.4) is 0 Å². The van der Waals surface area contributed by atoms with E-state index in [1.54, 1.807) is 0 Å². The smallest absolute Gasteiger partial charge is 0.227 e. The Hall–Kier alpha value is -1.62. The quantitative estimate of drug-likeness (QED) is 0.779. The minimum Gasteiger partial charge on any atom is -0.339 e. The van der Waals surface area contributed by atoms with E-state index in [4.69, 9.17) is 11.6 Å². The van der Waals surface area contributed by atoms with Crippen LogP contribution in [0.4, 0.5) is 10.1 Å². The Balaban J connectivity index is 1.52. The van der Waals surface area contributed by atoms with Gasteiger partial charge < -0.3 is 10.2 Å². The van der Waals surface area contributed by atoms with Crippen molar-refractivity contribution in [3.63, 3.8) is 0 Å². The Labute approximate surface area is 165 Å². The first-order valence-electron chi connectivity index (χ1n) is 10.1. The van der Waals surface area contributed by atoms with Crippen molar-refractivity contribution in [3.05, 3.63) is 29.0 Å². The van der Waals surface area contributed by atoms with E-state index in [0.717, 1.165) is 38.6 Å². The molecule has 1 aliphatic carbocycles. The number of hydrogen-bond donors (Lipinski definition) is 1. The number of piperidine rings is 1. The normalized spacial score (nSPS) is 25.9. The molecule has 0 radical (unpaired) electrons. The maximum atomic E-state index is 13.2. The second kappa shape index (κ2) is 9.05. The summed E-state index contributed by atoms with van der Waals surface area (Å²) in [4.78, 5) is 27.5. The molecule has 4 nitrogen and oxygen atoms in total. The molecule has 2 aliphatic rings. The lowest BCUT2D eigenvalue weighted by molar-refractivity contribution is -0.141. The van der Waals surface area contributed by atoms with Gasteiger partial charge in [-0.2, -0.15) is 0 Å². The molecule has 1 N–H and O–H groups in total. The van der Waals surface area contributed by atoms with Crippen molar-refractivity contribution in [2.45, 2.75) is 64.3 Å². The fraction of sp³-hybridized carbons (Fsp3) is 0.619. The van der Waals surface area contributed by atoms with Crippen LogP contribution in [0.25, 0.3) is 0 Å². The Morgan fingerprint density at radius 1 is 1.15 bits per heavy atom. The minimum absolute atomic E-state index is 0.00545. The number of likely N-dealkylation sites (tertiary alicyclic amines) is 1. The summed E-state index contributed by atoms with van der Waals surface area (Å²) in [6.45, 7) is 3.03. The number of anilines is 1. The highest BCUT2D eigenvalue weighted by Crippen LogP contribution is 2.33. The number of benzene rings is 1. The third-order valence-corrected chi connectivity index (χ3v) is 6.31. The molecular weight excluding hydrogens is 367 g/mol.